The SMILES string of the molecule is Cl.O=C(O)CCC1CCN(C(=O)N2CCN(c3ccncc3)CC2)CC1. The van der Waals surface area contributed by atoms with E-state index in [-0.39, 0.29) is 24.9 Å². The Morgan fingerprint density at radius 2 is 1.58 bits per heavy atom. The average molecular weight is 383 g/mol. The first-order valence-corrected chi connectivity index (χ1v) is 9.04. The number of piperidine rings is 1. The Labute approximate surface area is 160 Å². The van der Waals surface area contributed by atoms with Gasteiger partial charge in [-0.05, 0) is 37.3 Å². The van der Waals surface area contributed by atoms with Crippen molar-refractivity contribution in [3.8, 4) is 0 Å². The fourth-order valence-corrected chi connectivity index (χ4v) is 3.65. The lowest BCUT2D eigenvalue weighted by atomic mass is 9.92. The van der Waals surface area contributed by atoms with Gasteiger partial charge in [0.1, 0.15) is 0 Å². The lowest BCUT2D eigenvalue weighted by Crippen LogP contribution is -2.54. The predicted molar refractivity (Wildman–Crippen MR) is 102 cm³/mol. The molecule has 7 nitrogen and oxygen atoms in total. The number of carboxylic acid groups (broad SMARTS) is 1. The van der Waals surface area contributed by atoms with Gasteiger partial charge in [0, 0.05) is 63.8 Å². The predicted octanol–water partition coefficient (Wildman–Crippen LogP) is 2.32. The van der Waals surface area contributed by atoms with Crippen LogP contribution in [-0.4, -0.2) is 71.2 Å². The molecule has 3 rings (SSSR count). The zero-order chi connectivity index (χ0) is 17.6. The molecule has 0 radical (unpaired) electrons. The van der Waals surface area contributed by atoms with Gasteiger partial charge >= 0.3 is 12.0 Å². The highest BCUT2D eigenvalue weighted by molar-refractivity contribution is 5.85. The van der Waals surface area contributed by atoms with Gasteiger partial charge in [-0.1, -0.05) is 0 Å². The Morgan fingerprint density at radius 3 is 2.15 bits per heavy atom. The lowest BCUT2D eigenvalue weighted by molar-refractivity contribution is -0.137. The van der Waals surface area contributed by atoms with Crippen molar-refractivity contribution in [2.45, 2.75) is 25.7 Å². The molecule has 2 aliphatic heterocycles. The van der Waals surface area contributed by atoms with E-state index in [0.717, 1.165) is 64.2 Å². The van der Waals surface area contributed by atoms with Crippen molar-refractivity contribution in [3.63, 3.8) is 0 Å². The number of amides is 2. The summed E-state index contributed by atoms with van der Waals surface area (Å²) in [7, 11) is 0. The maximum absolute atomic E-state index is 12.7. The summed E-state index contributed by atoms with van der Waals surface area (Å²) in [5.74, 6) is -0.297. The third-order valence-electron chi connectivity index (χ3n) is 5.23. The molecule has 0 saturated carbocycles. The number of hydrogen-bond donors (Lipinski definition) is 1. The number of aliphatic carboxylic acids is 1. The molecule has 3 heterocycles. The van der Waals surface area contributed by atoms with Gasteiger partial charge in [-0.2, -0.15) is 0 Å². The van der Waals surface area contributed by atoms with Crippen LogP contribution in [0.3, 0.4) is 0 Å². The van der Waals surface area contributed by atoms with Crippen molar-refractivity contribution in [1.29, 1.82) is 0 Å². The molecule has 8 heteroatoms. The number of carbonyl (C=O) groups is 2. The van der Waals surface area contributed by atoms with Crippen LogP contribution in [-0.2, 0) is 4.79 Å². The van der Waals surface area contributed by atoms with E-state index in [0.29, 0.717) is 5.92 Å². The fourth-order valence-electron chi connectivity index (χ4n) is 3.65. The van der Waals surface area contributed by atoms with E-state index in [1.165, 1.54) is 0 Å². The zero-order valence-electron chi connectivity index (χ0n) is 14.9. The van der Waals surface area contributed by atoms with E-state index < -0.39 is 5.97 Å². The number of likely N-dealkylation sites (tertiary alicyclic amines) is 1. The lowest BCUT2D eigenvalue weighted by Gasteiger charge is -2.40. The van der Waals surface area contributed by atoms with E-state index in [9.17, 15) is 9.59 Å². The number of anilines is 1. The summed E-state index contributed by atoms with van der Waals surface area (Å²) < 4.78 is 0. The second kappa shape index (κ2) is 9.62. The highest BCUT2D eigenvalue weighted by atomic mass is 35.5. The average Bonchev–Trinajstić information content (AvgIpc) is 2.67. The number of piperazine rings is 1. The van der Waals surface area contributed by atoms with Crippen molar-refractivity contribution in [3.05, 3.63) is 24.5 Å². The maximum atomic E-state index is 12.7. The number of aromatic nitrogens is 1. The van der Waals surface area contributed by atoms with E-state index in [1.807, 2.05) is 21.9 Å². The standard InChI is InChI=1S/C18H26N4O3.ClH/c23-17(24)2-1-15-5-9-21(10-6-15)18(25)22-13-11-20(12-14-22)16-3-7-19-8-4-16;/h3-4,7-8,15H,1-2,5-6,9-14H2,(H,23,24);1H. The minimum absolute atomic E-state index is 0. The topological polar surface area (TPSA) is 77.0 Å². The first kappa shape index (κ1) is 20.3. The number of hydrogen-bond acceptors (Lipinski definition) is 4. The third kappa shape index (κ3) is 5.24. The molecule has 2 amide bonds. The molecule has 0 spiro atoms. The van der Waals surface area contributed by atoms with E-state index in [1.54, 1.807) is 12.4 Å². The van der Waals surface area contributed by atoms with Crippen LogP contribution >= 0.6 is 12.4 Å². The van der Waals surface area contributed by atoms with E-state index in [2.05, 4.69) is 9.88 Å². The summed E-state index contributed by atoms with van der Waals surface area (Å²) in [6.07, 6.45) is 6.37. The van der Waals surface area contributed by atoms with Gasteiger partial charge in [0.2, 0.25) is 0 Å². The van der Waals surface area contributed by atoms with Crippen LogP contribution < -0.4 is 4.90 Å². The van der Waals surface area contributed by atoms with Gasteiger partial charge < -0.3 is 19.8 Å². The number of carboxylic acids is 1. The highest BCUT2D eigenvalue weighted by Crippen LogP contribution is 2.23. The summed E-state index contributed by atoms with van der Waals surface area (Å²) >= 11 is 0. The minimum Gasteiger partial charge on any atom is -0.481 e. The molecule has 144 valence electrons. The van der Waals surface area contributed by atoms with Crippen LogP contribution in [0.5, 0.6) is 0 Å². The van der Waals surface area contributed by atoms with Crippen LogP contribution in [0.2, 0.25) is 0 Å². The Bertz CT molecular complexity index is 585. The molecule has 2 fully saturated rings. The van der Waals surface area contributed by atoms with Crippen molar-refractivity contribution in [1.82, 2.24) is 14.8 Å². The molecule has 2 saturated heterocycles. The van der Waals surface area contributed by atoms with Crippen molar-refractivity contribution < 1.29 is 14.7 Å². The maximum Gasteiger partial charge on any atom is 0.320 e. The second-order valence-corrected chi connectivity index (χ2v) is 6.82. The van der Waals surface area contributed by atoms with E-state index >= 15 is 0 Å². The number of carbonyl (C=O) groups excluding carboxylic acids is 1. The highest BCUT2D eigenvalue weighted by Gasteiger charge is 2.28. The molecular weight excluding hydrogens is 356 g/mol. The number of rotatable bonds is 4. The number of nitrogens with zero attached hydrogens (tertiary/aromatic N) is 4. The summed E-state index contributed by atoms with van der Waals surface area (Å²) in [6, 6.07) is 4.13. The van der Waals surface area contributed by atoms with Gasteiger partial charge in [0.05, 0.1) is 0 Å². The second-order valence-electron chi connectivity index (χ2n) is 6.82. The molecule has 1 N–H and O–H groups in total. The summed E-state index contributed by atoms with van der Waals surface area (Å²) in [5.41, 5.74) is 1.15. The Hall–Kier alpha value is -2.02. The largest absolute Gasteiger partial charge is 0.481 e. The summed E-state index contributed by atoms with van der Waals surface area (Å²) in [5, 5.41) is 8.78. The van der Waals surface area contributed by atoms with Gasteiger partial charge in [-0.15, -0.1) is 12.4 Å². The van der Waals surface area contributed by atoms with Crippen molar-refractivity contribution in [2.75, 3.05) is 44.2 Å². The van der Waals surface area contributed by atoms with E-state index in [4.69, 9.17) is 5.11 Å². The van der Waals surface area contributed by atoms with Crippen molar-refractivity contribution >= 4 is 30.1 Å². The van der Waals surface area contributed by atoms with Gasteiger partial charge in [-0.25, -0.2) is 4.79 Å². The first-order valence-electron chi connectivity index (χ1n) is 9.04. The molecule has 0 bridgehead atoms. The Morgan fingerprint density at radius 1 is 1.00 bits per heavy atom. The fraction of sp³-hybridized carbons (Fsp3) is 0.611. The zero-order valence-corrected chi connectivity index (χ0v) is 15.7. The quantitative estimate of drug-likeness (QED) is 0.864. The van der Waals surface area contributed by atoms with Crippen LogP contribution in [0.1, 0.15) is 25.7 Å². The molecule has 1 aromatic rings. The van der Waals surface area contributed by atoms with Crippen molar-refractivity contribution in [2.24, 2.45) is 5.92 Å². The third-order valence-corrected chi connectivity index (χ3v) is 5.23. The molecule has 26 heavy (non-hydrogen) atoms. The Balaban J connectivity index is 0.00000243. The number of urea groups is 1. The molecule has 1 aromatic heterocycles. The summed E-state index contributed by atoms with van der Waals surface area (Å²) in [6.45, 7) is 4.64. The summed E-state index contributed by atoms with van der Waals surface area (Å²) in [4.78, 5) is 33.6. The molecule has 0 atom stereocenters. The van der Waals surface area contributed by atoms with Crippen LogP contribution in [0.15, 0.2) is 24.5 Å². The monoisotopic (exact) mass is 382 g/mol. The van der Waals surface area contributed by atoms with Gasteiger partial charge in [-0.3, -0.25) is 9.78 Å². The molecule has 0 unspecified atom stereocenters. The molecule has 0 aliphatic carbocycles. The molecule has 2 aliphatic rings. The number of pyridine rings is 1. The number of halogens is 1. The van der Waals surface area contributed by atoms with Crippen LogP contribution in [0.25, 0.3) is 0 Å². The Kier molecular flexibility index (Phi) is 7.50. The minimum atomic E-state index is -0.731. The normalized spacial score (nSPS) is 18.4. The van der Waals surface area contributed by atoms with Gasteiger partial charge in [0.25, 0.3) is 0 Å². The van der Waals surface area contributed by atoms with Crippen LogP contribution in [0.4, 0.5) is 10.5 Å². The van der Waals surface area contributed by atoms with Crippen LogP contribution in [0, 0.1) is 5.92 Å². The molecular formula is C18H27ClN4O3. The molecule has 0 aromatic carbocycles. The van der Waals surface area contributed by atoms with Gasteiger partial charge in [0.15, 0.2) is 0 Å². The smallest absolute Gasteiger partial charge is 0.320 e. The first-order chi connectivity index (χ1) is 12.1.